The third-order valence-corrected chi connectivity index (χ3v) is 4.54. The molecule has 7 nitrogen and oxygen atoms in total. The number of aromatic amines is 1. The van der Waals surface area contributed by atoms with Crippen LogP contribution < -0.4 is 10.0 Å². The van der Waals surface area contributed by atoms with Crippen molar-refractivity contribution in [1.82, 2.24) is 20.5 Å². The maximum absolute atomic E-state index is 12.3. The molecule has 0 aliphatic carbocycles. The summed E-state index contributed by atoms with van der Waals surface area (Å²) in [6.45, 7) is 3.12. The highest BCUT2D eigenvalue weighted by atomic mass is 79.9. The lowest BCUT2D eigenvalue weighted by atomic mass is 10.3. The van der Waals surface area contributed by atoms with Crippen LogP contribution in [0.4, 0.5) is 5.69 Å². The van der Waals surface area contributed by atoms with Crippen molar-refractivity contribution >= 4 is 31.6 Å². The molecule has 0 unspecified atom stereocenters. The van der Waals surface area contributed by atoms with Gasteiger partial charge in [-0.25, -0.2) is 0 Å². The number of hydrogen-bond acceptors (Lipinski definition) is 5. The number of anilines is 1. The first kappa shape index (κ1) is 14.9. The summed E-state index contributed by atoms with van der Waals surface area (Å²) in [4.78, 5) is 3.88. The number of hydrogen-bond donors (Lipinski definition) is 3. The minimum atomic E-state index is -3.72. The fourth-order valence-electron chi connectivity index (χ4n) is 1.57. The van der Waals surface area contributed by atoms with Crippen LogP contribution in [0.5, 0.6) is 0 Å². The minimum absolute atomic E-state index is 0.0576. The molecule has 20 heavy (non-hydrogen) atoms. The van der Waals surface area contributed by atoms with Gasteiger partial charge in [0.15, 0.2) is 5.03 Å². The topological polar surface area (TPSA) is 99.8 Å². The molecular weight excluding hydrogens is 346 g/mol. The third kappa shape index (κ3) is 3.35. The highest BCUT2D eigenvalue weighted by molar-refractivity contribution is 9.10. The van der Waals surface area contributed by atoms with Gasteiger partial charge in [0.2, 0.25) is 0 Å². The van der Waals surface area contributed by atoms with E-state index < -0.39 is 10.0 Å². The Balaban J connectivity index is 2.27. The molecule has 0 bridgehead atoms. The van der Waals surface area contributed by atoms with E-state index in [0.717, 1.165) is 6.54 Å². The van der Waals surface area contributed by atoms with Crippen molar-refractivity contribution in [3.63, 3.8) is 0 Å². The van der Waals surface area contributed by atoms with E-state index in [-0.39, 0.29) is 5.03 Å². The van der Waals surface area contributed by atoms with E-state index in [4.69, 9.17) is 0 Å². The molecule has 0 atom stereocenters. The van der Waals surface area contributed by atoms with Crippen LogP contribution in [0.2, 0.25) is 0 Å². The summed E-state index contributed by atoms with van der Waals surface area (Å²) in [6, 6.07) is 1.57. The standard InChI is InChI=1S/C11H14BrN5O2S/c1-2-13-5-8-6-15-16-11(8)20(18,19)17-10-3-4-14-7-9(10)12/h3-4,6-7,13H,2,5H2,1H3,(H,14,17)(H,15,16). The molecule has 0 spiro atoms. The monoisotopic (exact) mass is 359 g/mol. The fourth-order valence-corrected chi connectivity index (χ4v) is 3.26. The predicted octanol–water partition coefficient (Wildman–Crippen LogP) is 1.48. The molecule has 0 saturated heterocycles. The molecule has 0 aromatic carbocycles. The third-order valence-electron chi connectivity index (χ3n) is 2.53. The second kappa shape index (κ2) is 6.33. The average molecular weight is 360 g/mol. The second-order valence-corrected chi connectivity index (χ2v) is 6.44. The van der Waals surface area contributed by atoms with Crippen LogP contribution in [0.15, 0.2) is 34.2 Å². The minimum Gasteiger partial charge on any atom is -0.313 e. The van der Waals surface area contributed by atoms with Gasteiger partial charge in [0.25, 0.3) is 10.0 Å². The molecule has 2 rings (SSSR count). The van der Waals surface area contributed by atoms with Crippen LogP contribution in [-0.2, 0) is 16.6 Å². The molecule has 0 radical (unpaired) electrons. The largest absolute Gasteiger partial charge is 0.313 e. The Bertz CT molecular complexity index is 686. The van der Waals surface area contributed by atoms with Crippen LogP contribution in [-0.4, -0.2) is 30.1 Å². The molecule has 2 heterocycles. The van der Waals surface area contributed by atoms with Gasteiger partial charge in [-0.05, 0) is 28.5 Å². The van der Waals surface area contributed by atoms with E-state index in [2.05, 4.69) is 41.2 Å². The lowest BCUT2D eigenvalue weighted by molar-refractivity contribution is 0.594. The quantitative estimate of drug-likeness (QED) is 0.725. The number of H-pyrrole nitrogens is 1. The molecule has 2 aromatic rings. The lowest BCUT2D eigenvalue weighted by Crippen LogP contribution is -2.18. The van der Waals surface area contributed by atoms with E-state index in [1.165, 1.54) is 18.6 Å². The van der Waals surface area contributed by atoms with Gasteiger partial charge >= 0.3 is 0 Å². The van der Waals surface area contributed by atoms with Gasteiger partial charge in [0, 0.05) is 24.5 Å². The number of aromatic nitrogens is 3. The first-order valence-electron chi connectivity index (χ1n) is 5.90. The highest BCUT2D eigenvalue weighted by Crippen LogP contribution is 2.23. The number of halogens is 1. The number of nitrogens with zero attached hydrogens (tertiary/aromatic N) is 2. The summed E-state index contributed by atoms with van der Waals surface area (Å²) < 4.78 is 27.8. The molecule has 0 aliphatic rings. The summed E-state index contributed by atoms with van der Waals surface area (Å²) in [5.74, 6) is 0. The Hall–Kier alpha value is -1.45. The van der Waals surface area contributed by atoms with Crippen molar-refractivity contribution in [2.45, 2.75) is 18.5 Å². The molecule has 3 N–H and O–H groups in total. The van der Waals surface area contributed by atoms with Crippen molar-refractivity contribution in [2.75, 3.05) is 11.3 Å². The zero-order valence-electron chi connectivity index (χ0n) is 10.7. The van der Waals surface area contributed by atoms with Crippen LogP contribution in [0.25, 0.3) is 0 Å². The van der Waals surface area contributed by atoms with Gasteiger partial charge in [-0.2, -0.15) is 13.5 Å². The number of nitrogens with one attached hydrogen (secondary N) is 3. The Morgan fingerprint density at radius 2 is 2.20 bits per heavy atom. The van der Waals surface area contributed by atoms with Crippen LogP contribution in [0, 0.1) is 0 Å². The fraction of sp³-hybridized carbons (Fsp3) is 0.273. The maximum Gasteiger partial charge on any atom is 0.279 e. The van der Waals surface area contributed by atoms with E-state index >= 15 is 0 Å². The Morgan fingerprint density at radius 1 is 1.40 bits per heavy atom. The predicted molar refractivity (Wildman–Crippen MR) is 78.7 cm³/mol. The molecule has 108 valence electrons. The van der Waals surface area contributed by atoms with E-state index in [0.29, 0.717) is 22.3 Å². The Morgan fingerprint density at radius 3 is 2.90 bits per heavy atom. The van der Waals surface area contributed by atoms with E-state index in [1.807, 2.05) is 6.92 Å². The van der Waals surface area contributed by atoms with Gasteiger partial charge in [-0.3, -0.25) is 14.8 Å². The van der Waals surface area contributed by atoms with Crippen molar-refractivity contribution in [3.8, 4) is 0 Å². The van der Waals surface area contributed by atoms with Crippen molar-refractivity contribution in [2.24, 2.45) is 0 Å². The molecule has 0 aliphatic heterocycles. The number of sulfonamides is 1. The SMILES string of the molecule is CCNCc1cn[nH]c1S(=O)(=O)Nc1ccncc1Br. The molecule has 0 saturated carbocycles. The van der Waals surface area contributed by atoms with Gasteiger partial charge in [-0.1, -0.05) is 6.92 Å². The maximum atomic E-state index is 12.3. The van der Waals surface area contributed by atoms with Crippen LogP contribution in [0.3, 0.4) is 0 Å². The van der Waals surface area contributed by atoms with Crippen LogP contribution >= 0.6 is 15.9 Å². The van der Waals surface area contributed by atoms with E-state index in [1.54, 1.807) is 6.07 Å². The van der Waals surface area contributed by atoms with Gasteiger partial charge < -0.3 is 5.32 Å². The lowest BCUT2D eigenvalue weighted by Gasteiger charge is -2.09. The van der Waals surface area contributed by atoms with Gasteiger partial charge in [0.1, 0.15) is 0 Å². The van der Waals surface area contributed by atoms with Gasteiger partial charge in [-0.15, -0.1) is 0 Å². The van der Waals surface area contributed by atoms with Crippen LogP contribution in [0.1, 0.15) is 12.5 Å². The summed E-state index contributed by atoms with van der Waals surface area (Å²) in [6.07, 6.45) is 4.53. The number of pyridine rings is 1. The molecule has 0 amide bonds. The molecular formula is C11H14BrN5O2S. The molecule has 0 fully saturated rings. The first-order valence-corrected chi connectivity index (χ1v) is 8.17. The normalized spacial score (nSPS) is 11.5. The zero-order chi connectivity index (χ0) is 14.6. The van der Waals surface area contributed by atoms with Crippen molar-refractivity contribution < 1.29 is 8.42 Å². The average Bonchev–Trinajstić information content (AvgIpc) is 2.88. The van der Waals surface area contributed by atoms with Crippen molar-refractivity contribution in [3.05, 3.63) is 34.7 Å². The summed E-state index contributed by atoms with van der Waals surface area (Å²) >= 11 is 3.25. The first-order chi connectivity index (χ1) is 9.54. The van der Waals surface area contributed by atoms with Gasteiger partial charge in [0.05, 0.1) is 16.4 Å². The van der Waals surface area contributed by atoms with Crippen molar-refractivity contribution in [1.29, 1.82) is 0 Å². The summed E-state index contributed by atoms with van der Waals surface area (Å²) in [5.41, 5.74) is 1.01. The smallest absolute Gasteiger partial charge is 0.279 e. The molecule has 9 heteroatoms. The zero-order valence-corrected chi connectivity index (χ0v) is 13.1. The summed E-state index contributed by atoms with van der Waals surface area (Å²) in [5, 5.41) is 9.44. The Labute approximate surface area is 125 Å². The van der Waals surface area contributed by atoms with E-state index in [9.17, 15) is 8.42 Å². The molecule has 2 aromatic heterocycles. The number of rotatable bonds is 6. The summed E-state index contributed by atoms with van der Waals surface area (Å²) in [7, 11) is -3.72. The Kier molecular flexibility index (Phi) is 4.73. The second-order valence-electron chi connectivity index (χ2n) is 3.97. The highest BCUT2D eigenvalue weighted by Gasteiger charge is 2.21.